The van der Waals surface area contributed by atoms with E-state index >= 15 is 0 Å². The van der Waals surface area contributed by atoms with Crippen molar-refractivity contribution in [3.05, 3.63) is 0 Å². The van der Waals surface area contributed by atoms with E-state index in [-0.39, 0.29) is 12.8 Å². The molecule has 1 aliphatic carbocycles. The van der Waals surface area contributed by atoms with Gasteiger partial charge in [0.05, 0.1) is 11.2 Å². The Morgan fingerprint density at radius 3 is 2.29 bits per heavy atom. The number of halogens is 3. The summed E-state index contributed by atoms with van der Waals surface area (Å²) in [7, 11) is -3.48. The predicted molar refractivity (Wildman–Crippen MR) is 59.0 cm³/mol. The third-order valence-electron chi connectivity index (χ3n) is 3.09. The van der Waals surface area contributed by atoms with Crippen LogP contribution in [0.5, 0.6) is 0 Å². The molecule has 102 valence electrons. The first-order valence-electron chi connectivity index (χ1n) is 5.71. The number of rotatable bonds is 3. The highest BCUT2D eigenvalue weighted by atomic mass is 32.2. The van der Waals surface area contributed by atoms with Crippen LogP contribution in [0.15, 0.2) is 0 Å². The zero-order valence-corrected chi connectivity index (χ0v) is 10.7. The van der Waals surface area contributed by atoms with Gasteiger partial charge in [0, 0.05) is 6.04 Å². The Balaban J connectivity index is 2.63. The molecule has 1 fully saturated rings. The zero-order chi connectivity index (χ0) is 13.3. The van der Waals surface area contributed by atoms with Crippen LogP contribution in [0.1, 0.15) is 39.5 Å². The van der Waals surface area contributed by atoms with Crippen molar-refractivity contribution in [2.75, 3.05) is 0 Å². The van der Waals surface area contributed by atoms with Crippen molar-refractivity contribution >= 4 is 10.0 Å². The molecule has 17 heavy (non-hydrogen) atoms. The van der Waals surface area contributed by atoms with Gasteiger partial charge in [0.15, 0.2) is 0 Å². The lowest BCUT2D eigenvalue weighted by molar-refractivity contribution is -0.183. The van der Waals surface area contributed by atoms with Crippen LogP contribution in [0, 0.1) is 5.92 Å². The minimum absolute atomic E-state index is 0.101. The van der Waals surface area contributed by atoms with Gasteiger partial charge < -0.3 is 0 Å². The molecule has 7 heteroatoms. The average Bonchev–Trinajstić information content (AvgIpc) is 2.15. The quantitative estimate of drug-likeness (QED) is 0.858. The molecule has 0 aliphatic heterocycles. The third kappa shape index (κ3) is 4.13. The summed E-state index contributed by atoms with van der Waals surface area (Å²) >= 11 is 0. The first-order valence-corrected chi connectivity index (χ1v) is 7.25. The molecule has 0 saturated heterocycles. The highest BCUT2D eigenvalue weighted by molar-refractivity contribution is 7.90. The molecule has 1 rings (SSSR count). The fourth-order valence-electron chi connectivity index (χ4n) is 1.96. The normalized spacial score (nSPS) is 27.4. The number of sulfonamides is 1. The van der Waals surface area contributed by atoms with Crippen molar-refractivity contribution in [2.24, 2.45) is 5.92 Å². The first-order chi connectivity index (χ1) is 7.63. The van der Waals surface area contributed by atoms with E-state index in [1.807, 2.05) is 0 Å². The molecule has 2 unspecified atom stereocenters. The van der Waals surface area contributed by atoms with Crippen LogP contribution in [-0.2, 0) is 10.0 Å². The Hall–Kier alpha value is -0.300. The average molecular weight is 273 g/mol. The summed E-state index contributed by atoms with van der Waals surface area (Å²) in [6.45, 7) is 3.01. The van der Waals surface area contributed by atoms with Gasteiger partial charge in [0.25, 0.3) is 0 Å². The summed E-state index contributed by atoms with van der Waals surface area (Å²) in [5, 5.41) is -0.617. The molecular weight excluding hydrogens is 255 g/mol. The monoisotopic (exact) mass is 273 g/mol. The number of alkyl halides is 3. The Kier molecular flexibility index (Phi) is 4.46. The van der Waals surface area contributed by atoms with Crippen molar-refractivity contribution in [3.8, 4) is 0 Å². The van der Waals surface area contributed by atoms with E-state index in [9.17, 15) is 21.6 Å². The van der Waals surface area contributed by atoms with Gasteiger partial charge in [0.2, 0.25) is 10.0 Å². The highest BCUT2D eigenvalue weighted by Gasteiger charge is 2.42. The topological polar surface area (TPSA) is 46.2 Å². The van der Waals surface area contributed by atoms with Crippen molar-refractivity contribution < 1.29 is 21.6 Å². The molecule has 1 saturated carbocycles. The van der Waals surface area contributed by atoms with Crippen LogP contribution in [0.25, 0.3) is 0 Å². The standard InChI is InChI=1S/C10H18F3NO2S/c1-7(2)17(15,16)14-9-5-3-4-8(6-9)10(11,12)13/h7-9,14H,3-6H2,1-2H3. The summed E-state index contributed by atoms with van der Waals surface area (Å²) in [5.74, 6) is -1.38. The van der Waals surface area contributed by atoms with E-state index in [0.717, 1.165) is 0 Å². The van der Waals surface area contributed by atoms with Crippen LogP contribution in [-0.4, -0.2) is 25.9 Å². The van der Waals surface area contributed by atoms with Gasteiger partial charge in [-0.25, -0.2) is 13.1 Å². The van der Waals surface area contributed by atoms with Crippen molar-refractivity contribution in [1.82, 2.24) is 4.72 Å². The molecule has 2 atom stereocenters. The van der Waals surface area contributed by atoms with Gasteiger partial charge in [-0.2, -0.15) is 13.2 Å². The summed E-state index contributed by atoms with van der Waals surface area (Å²) in [4.78, 5) is 0. The molecule has 0 aromatic heterocycles. The molecule has 0 bridgehead atoms. The molecule has 0 amide bonds. The van der Waals surface area contributed by atoms with Gasteiger partial charge in [0.1, 0.15) is 0 Å². The van der Waals surface area contributed by atoms with Gasteiger partial charge in [-0.1, -0.05) is 6.42 Å². The SMILES string of the molecule is CC(C)S(=O)(=O)NC1CCCC(C(F)(F)F)C1. The molecule has 0 heterocycles. The second-order valence-corrected chi connectivity index (χ2v) is 7.08. The molecule has 0 aromatic carbocycles. The van der Waals surface area contributed by atoms with E-state index in [2.05, 4.69) is 4.72 Å². The van der Waals surface area contributed by atoms with Gasteiger partial charge in [-0.3, -0.25) is 0 Å². The predicted octanol–water partition coefficient (Wildman–Crippen LogP) is 2.44. The maximum absolute atomic E-state index is 12.5. The summed E-state index contributed by atoms with van der Waals surface area (Å²) < 4.78 is 63.1. The van der Waals surface area contributed by atoms with Crippen LogP contribution in [0.2, 0.25) is 0 Å². The molecule has 3 nitrogen and oxygen atoms in total. The third-order valence-corrected chi connectivity index (χ3v) is 4.99. The van der Waals surface area contributed by atoms with Crippen LogP contribution in [0.3, 0.4) is 0 Å². The minimum atomic E-state index is -4.22. The highest BCUT2D eigenvalue weighted by Crippen LogP contribution is 2.37. The van der Waals surface area contributed by atoms with Crippen molar-refractivity contribution in [1.29, 1.82) is 0 Å². The molecular formula is C10H18F3NO2S. The van der Waals surface area contributed by atoms with Gasteiger partial charge in [-0.15, -0.1) is 0 Å². The Morgan fingerprint density at radius 2 is 1.82 bits per heavy atom. The number of nitrogens with one attached hydrogen (secondary N) is 1. The van der Waals surface area contributed by atoms with Crippen molar-refractivity contribution in [2.45, 2.75) is 57.0 Å². The fourth-order valence-corrected chi connectivity index (χ4v) is 2.91. The minimum Gasteiger partial charge on any atom is -0.212 e. The Morgan fingerprint density at radius 1 is 1.24 bits per heavy atom. The maximum atomic E-state index is 12.5. The smallest absolute Gasteiger partial charge is 0.212 e. The van der Waals surface area contributed by atoms with Gasteiger partial charge in [-0.05, 0) is 33.1 Å². The van der Waals surface area contributed by atoms with Crippen LogP contribution in [0.4, 0.5) is 13.2 Å². The van der Waals surface area contributed by atoms with Crippen molar-refractivity contribution in [3.63, 3.8) is 0 Å². The Labute approximate surface area is 99.8 Å². The lowest BCUT2D eigenvalue weighted by Gasteiger charge is -2.31. The molecule has 0 aromatic rings. The lowest BCUT2D eigenvalue weighted by atomic mass is 9.86. The second kappa shape index (κ2) is 5.14. The fraction of sp³-hybridized carbons (Fsp3) is 1.00. The summed E-state index contributed by atoms with van der Waals surface area (Å²) in [5.41, 5.74) is 0. The second-order valence-electron chi connectivity index (χ2n) is 4.81. The molecule has 1 N–H and O–H groups in total. The zero-order valence-electron chi connectivity index (χ0n) is 9.92. The molecule has 0 spiro atoms. The maximum Gasteiger partial charge on any atom is 0.391 e. The molecule has 0 radical (unpaired) electrons. The van der Waals surface area contributed by atoms with Gasteiger partial charge >= 0.3 is 6.18 Å². The largest absolute Gasteiger partial charge is 0.391 e. The first kappa shape index (κ1) is 14.8. The van der Waals surface area contributed by atoms with E-state index in [4.69, 9.17) is 0 Å². The van der Waals surface area contributed by atoms with Crippen LogP contribution < -0.4 is 4.72 Å². The van der Waals surface area contributed by atoms with E-state index in [1.165, 1.54) is 13.8 Å². The Bertz CT molecular complexity index is 351. The van der Waals surface area contributed by atoms with E-state index in [1.54, 1.807) is 0 Å². The summed E-state index contributed by atoms with van der Waals surface area (Å²) in [6.07, 6.45) is -3.37. The van der Waals surface area contributed by atoms with E-state index in [0.29, 0.717) is 12.8 Å². The molecule has 1 aliphatic rings. The number of hydrogen-bond donors (Lipinski definition) is 1. The van der Waals surface area contributed by atoms with E-state index < -0.39 is 33.4 Å². The number of hydrogen-bond acceptors (Lipinski definition) is 2. The van der Waals surface area contributed by atoms with Crippen LogP contribution >= 0.6 is 0 Å². The summed E-state index contributed by atoms with van der Waals surface area (Å²) in [6, 6.07) is -0.581. The lowest BCUT2D eigenvalue weighted by Crippen LogP contribution is -2.43.